The summed E-state index contributed by atoms with van der Waals surface area (Å²) in [6.45, 7) is 5.84. The molecule has 2 aromatic heterocycles. The molecule has 4 rings (SSSR count). The molecule has 0 saturated heterocycles. The number of nitrogens with zero attached hydrogens (tertiary/aromatic N) is 4. The maximum absolute atomic E-state index is 11.9. The number of anilines is 1. The quantitative estimate of drug-likeness (QED) is 0.405. The lowest BCUT2D eigenvalue weighted by Gasteiger charge is -2.10. The van der Waals surface area contributed by atoms with Gasteiger partial charge in [0.2, 0.25) is 5.91 Å². The van der Waals surface area contributed by atoms with Crippen LogP contribution in [-0.2, 0) is 4.79 Å². The minimum absolute atomic E-state index is 0.0323. The lowest BCUT2D eigenvalue weighted by Crippen LogP contribution is -2.22. The molecule has 0 saturated carbocycles. The van der Waals surface area contributed by atoms with Crippen LogP contribution in [0.4, 0.5) is 5.82 Å². The smallest absolute Gasteiger partial charge is 0.248 e. The maximum Gasteiger partial charge on any atom is 0.248 e. The molecule has 0 unspecified atom stereocenters. The number of likely N-dealkylation sites (N-methyl/N-ethyl adjacent to an activating group) is 1. The highest BCUT2D eigenvalue weighted by Gasteiger charge is 2.16. The van der Waals surface area contributed by atoms with Gasteiger partial charge in [0.05, 0.1) is 15.6 Å². The zero-order chi connectivity index (χ0) is 22.0. The largest absolute Gasteiger partial charge is 0.345 e. The van der Waals surface area contributed by atoms with E-state index in [2.05, 4.69) is 45.3 Å². The Hall–Kier alpha value is -3.90. The number of allylic oxidation sites excluding steroid dienone is 3. The highest BCUT2D eigenvalue weighted by molar-refractivity contribution is 7.18. The van der Waals surface area contributed by atoms with Crippen molar-refractivity contribution in [3.05, 3.63) is 71.3 Å². The van der Waals surface area contributed by atoms with Crippen molar-refractivity contribution in [2.45, 2.75) is 13.1 Å². The van der Waals surface area contributed by atoms with Crippen LogP contribution in [0.5, 0.6) is 0 Å². The number of rotatable bonds is 6. The summed E-state index contributed by atoms with van der Waals surface area (Å²) >= 11 is 1.62. The second-order valence-corrected chi connectivity index (χ2v) is 8.10. The summed E-state index contributed by atoms with van der Waals surface area (Å²) in [5.74, 6) is 0.672. The molecule has 8 nitrogen and oxygen atoms in total. The minimum Gasteiger partial charge on any atom is -0.345 e. The maximum atomic E-state index is 11.9. The van der Waals surface area contributed by atoms with Gasteiger partial charge in [-0.15, -0.1) is 11.3 Å². The van der Waals surface area contributed by atoms with Gasteiger partial charge in [0.25, 0.3) is 0 Å². The molecule has 9 heteroatoms. The van der Waals surface area contributed by atoms with Gasteiger partial charge in [0.15, 0.2) is 6.17 Å². The van der Waals surface area contributed by atoms with Gasteiger partial charge in [-0.25, -0.2) is 4.98 Å². The van der Waals surface area contributed by atoms with E-state index in [-0.39, 0.29) is 12.1 Å². The van der Waals surface area contributed by atoms with Crippen LogP contribution >= 0.6 is 11.3 Å². The van der Waals surface area contributed by atoms with Crippen molar-refractivity contribution < 1.29 is 4.79 Å². The van der Waals surface area contributed by atoms with Crippen LogP contribution in [0.25, 0.3) is 21.0 Å². The number of hydrogen-bond acceptors (Lipinski definition) is 8. The van der Waals surface area contributed by atoms with Gasteiger partial charge in [-0.05, 0) is 30.5 Å². The van der Waals surface area contributed by atoms with Gasteiger partial charge in [-0.3, -0.25) is 15.6 Å². The average Bonchev–Trinajstić information content (AvgIpc) is 3.45. The zero-order valence-electron chi connectivity index (χ0n) is 17.4. The predicted molar refractivity (Wildman–Crippen MR) is 123 cm³/mol. The summed E-state index contributed by atoms with van der Waals surface area (Å²) < 4.78 is 1.07. The van der Waals surface area contributed by atoms with Gasteiger partial charge < -0.3 is 10.2 Å². The van der Waals surface area contributed by atoms with Crippen LogP contribution in [0.1, 0.15) is 18.7 Å². The van der Waals surface area contributed by atoms with Crippen LogP contribution in [0.15, 0.2) is 64.0 Å². The molecule has 31 heavy (non-hydrogen) atoms. The molecule has 3 heterocycles. The van der Waals surface area contributed by atoms with Crippen LogP contribution in [-0.4, -0.2) is 29.9 Å². The summed E-state index contributed by atoms with van der Waals surface area (Å²) in [4.78, 5) is 18.3. The van der Waals surface area contributed by atoms with Gasteiger partial charge in [-0.2, -0.15) is 0 Å². The molecule has 0 aliphatic carbocycles. The predicted octanol–water partition coefficient (Wildman–Crippen LogP) is 4.04. The number of pyridine rings is 1. The van der Waals surface area contributed by atoms with E-state index in [9.17, 15) is 4.79 Å². The fourth-order valence-corrected chi connectivity index (χ4v) is 4.01. The summed E-state index contributed by atoms with van der Waals surface area (Å²) in [5.41, 5.74) is 8.63. The number of amides is 1. The molecule has 1 aliphatic rings. The van der Waals surface area contributed by atoms with E-state index in [1.807, 2.05) is 23.6 Å². The molecule has 0 bridgehead atoms. The second-order valence-electron chi connectivity index (χ2n) is 7.18. The summed E-state index contributed by atoms with van der Waals surface area (Å²) in [7, 11) is 3.45. The fraction of sp³-hybridized carbons (Fsp3) is 0.182. The SMILES string of the molecule is C=C(/C=C\C=C(/C)C(=O)N(C)C)Nc1nc2cc(C3NN=NN3)c#cc2c2sccc12. The molecule has 156 valence electrons. The summed E-state index contributed by atoms with van der Waals surface area (Å²) in [6.07, 6.45) is 5.11. The Kier molecular flexibility index (Phi) is 5.56. The lowest BCUT2D eigenvalue weighted by molar-refractivity contribution is -0.124. The van der Waals surface area contributed by atoms with E-state index in [1.165, 1.54) is 0 Å². The molecular weight excluding hydrogens is 410 g/mol. The minimum atomic E-state index is -0.254. The van der Waals surface area contributed by atoms with Gasteiger partial charge >= 0.3 is 0 Å². The Labute approximate surface area is 184 Å². The van der Waals surface area contributed by atoms with Gasteiger partial charge in [-0.1, -0.05) is 41.3 Å². The van der Waals surface area contributed by atoms with E-state index < -0.39 is 0 Å². The van der Waals surface area contributed by atoms with Gasteiger partial charge in [0.1, 0.15) is 5.82 Å². The van der Waals surface area contributed by atoms with Crippen molar-refractivity contribution in [3.63, 3.8) is 0 Å². The zero-order valence-corrected chi connectivity index (χ0v) is 18.2. The number of hydrogen-bond donors (Lipinski definition) is 3. The Morgan fingerprint density at radius 2 is 2.10 bits per heavy atom. The van der Waals surface area contributed by atoms with Crippen molar-refractivity contribution in [1.29, 1.82) is 0 Å². The monoisotopic (exact) mass is 431 g/mol. The standard InChI is InChI=1S/C22H21N7OS/c1-13(22(30)29(3)4)6-5-7-14(2)23-21-17-10-11-31-19(17)16-9-8-15(12-18(16)24-21)20-25-27-28-26-20/h5-7,10-12,20H,2H2,1,3-4H3,(H,23,24)(H,25,28)(H,26,27)/b7-5-,13-6+. The molecule has 3 aromatic rings. The van der Waals surface area contributed by atoms with E-state index >= 15 is 0 Å². The second kappa shape index (κ2) is 8.45. The van der Waals surface area contributed by atoms with Crippen molar-refractivity contribution in [2.24, 2.45) is 10.4 Å². The molecule has 3 N–H and O–H groups in total. The molecule has 1 amide bonds. The first-order valence-corrected chi connectivity index (χ1v) is 10.4. The lowest BCUT2D eigenvalue weighted by atomic mass is 10.1. The Morgan fingerprint density at radius 3 is 2.84 bits per heavy atom. The third kappa shape index (κ3) is 4.20. The molecule has 1 aliphatic heterocycles. The van der Waals surface area contributed by atoms with Crippen LogP contribution in [0, 0.1) is 12.1 Å². The first kappa shape index (κ1) is 20.4. The van der Waals surface area contributed by atoms with Crippen molar-refractivity contribution >= 4 is 44.1 Å². The van der Waals surface area contributed by atoms with Crippen LogP contribution < -0.4 is 16.2 Å². The van der Waals surface area contributed by atoms with E-state index in [0.29, 0.717) is 17.1 Å². The Morgan fingerprint density at radius 1 is 1.32 bits per heavy atom. The molecule has 0 radical (unpaired) electrons. The highest BCUT2D eigenvalue weighted by Crippen LogP contribution is 2.33. The average molecular weight is 432 g/mol. The highest BCUT2D eigenvalue weighted by atomic mass is 32.1. The first-order valence-electron chi connectivity index (χ1n) is 9.52. The first-order chi connectivity index (χ1) is 14.9. The molecule has 0 spiro atoms. The number of carbonyl (C=O) groups excluding carboxylic acids is 1. The molecule has 0 atom stereocenters. The van der Waals surface area contributed by atoms with Crippen LogP contribution in [0.2, 0.25) is 0 Å². The summed E-state index contributed by atoms with van der Waals surface area (Å²) in [5, 5.41) is 14.7. The number of thiophene rings is 1. The van der Waals surface area contributed by atoms with Crippen molar-refractivity contribution in [2.75, 3.05) is 19.4 Å². The Bertz CT molecular complexity index is 1250. The third-order valence-corrected chi connectivity index (χ3v) is 5.59. The number of carbonyl (C=O) groups is 1. The number of fused-ring (bicyclic) bond motifs is 3. The van der Waals surface area contributed by atoms with E-state index in [4.69, 9.17) is 4.98 Å². The number of nitrogens with one attached hydrogen (secondary N) is 3. The normalized spacial score (nSPS) is 14.0. The van der Waals surface area contributed by atoms with Crippen molar-refractivity contribution in [3.8, 4) is 0 Å². The Balaban J connectivity index is 1.61. The molecular formula is C22H21N7OS. The third-order valence-electron chi connectivity index (χ3n) is 4.66. The molecule has 1 aromatic carbocycles. The topological polar surface area (TPSA) is 94.0 Å². The van der Waals surface area contributed by atoms with Gasteiger partial charge in [0, 0.05) is 36.3 Å². The van der Waals surface area contributed by atoms with E-state index in [0.717, 1.165) is 26.6 Å². The van der Waals surface area contributed by atoms with Crippen LogP contribution in [0.3, 0.4) is 0 Å². The van der Waals surface area contributed by atoms with E-state index in [1.54, 1.807) is 49.4 Å². The van der Waals surface area contributed by atoms with Crippen molar-refractivity contribution in [1.82, 2.24) is 20.7 Å². The number of aromatic nitrogens is 1. The fourth-order valence-electron chi connectivity index (χ4n) is 3.10. The summed E-state index contributed by atoms with van der Waals surface area (Å²) in [6, 6.07) is 10.3. The molecule has 0 fully saturated rings.